The lowest BCUT2D eigenvalue weighted by atomic mass is 10.1. The van der Waals surface area contributed by atoms with Crippen LogP contribution in [0.3, 0.4) is 0 Å². The summed E-state index contributed by atoms with van der Waals surface area (Å²) in [6.45, 7) is 3.96. The molecule has 0 fully saturated rings. The van der Waals surface area contributed by atoms with E-state index in [1.54, 1.807) is 12.4 Å². The van der Waals surface area contributed by atoms with E-state index in [0.29, 0.717) is 12.2 Å². The van der Waals surface area contributed by atoms with E-state index in [1.165, 1.54) is 7.11 Å². The zero-order valence-electron chi connectivity index (χ0n) is 11.8. The van der Waals surface area contributed by atoms with Crippen LogP contribution in [0.4, 0.5) is 5.82 Å². The second-order valence-corrected chi connectivity index (χ2v) is 4.44. The molecule has 6 heteroatoms. The zero-order chi connectivity index (χ0) is 14.7. The van der Waals surface area contributed by atoms with Crippen LogP contribution >= 0.6 is 0 Å². The highest BCUT2D eigenvalue weighted by Gasteiger charge is 2.23. The Labute approximate surface area is 117 Å². The fourth-order valence-corrected chi connectivity index (χ4v) is 2.19. The topological polar surface area (TPSA) is 83.0 Å². The third kappa shape index (κ3) is 2.36. The predicted molar refractivity (Wildman–Crippen MR) is 75.4 cm³/mol. The first-order chi connectivity index (χ1) is 9.60. The van der Waals surface area contributed by atoms with E-state index >= 15 is 0 Å². The minimum absolute atomic E-state index is 0.0513. The van der Waals surface area contributed by atoms with Crippen LogP contribution in [0.15, 0.2) is 24.5 Å². The average Bonchev–Trinajstić information content (AvgIpc) is 2.83. The van der Waals surface area contributed by atoms with Gasteiger partial charge in [0, 0.05) is 18.8 Å². The highest BCUT2D eigenvalue weighted by molar-refractivity contribution is 5.92. The van der Waals surface area contributed by atoms with Crippen molar-refractivity contribution < 1.29 is 9.53 Å². The van der Waals surface area contributed by atoms with Gasteiger partial charge in [0.25, 0.3) is 0 Å². The number of aryl methyl sites for hydroxylation is 1. The predicted octanol–water partition coefficient (Wildman–Crippen LogP) is 1.82. The van der Waals surface area contributed by atoms with Crippen LogP contribution in [-0.4, -0.2) is 27.6 Å². The Balaban J connectivity index is 2.50. The van der Waals surface area contributed by atoms with Crippen LogP contribution < -0.4 is 5.73 Å². The van der Waals surface area contributed by atoms with Gasteiger partial charge in [0.1, 0.15) is 11.6 Å². The number of esters is 1. The monoisotopic (exact) mass is 274 g/mol. The number of carbonyl (C=O) groups excluding carboxylic acids is 1. The van der Waals surface area contributed by atoms with E-state index in [9.17, 15) is 4.79 Å². The lowest BCUT2D eigenvalue weighted by Gasteiger charge is -2.17. The summed E-state index contributed by atoms with van der Waals surface area (Å²) in [5.74, 6) is 0.554. The number of hydrogen-bond donors (Lipinski definition) is 1. The van der Waals surface area contributed by atoms with Gasteiger partial charge < -0.3 is 15.0 Å². The van der Waals surface area contributed by atoms with Gasteiger partial charge in [-0.25, -0.2) is 9.78 Å². The molecular formula is C14H18N4O2. The molecule has 2 aromatic rings. The maximum absolute atomic E-state index is 11.7. The van der Waals surface area contributed by atoms with E-state index in [0.717, 1.165) is 11.4 Å². The molecular weight excluding hydrogens is 256 g/mol. The van der Waals surface area contributed by atoms with Crippen LogP contribution in [-0.2, 0) is 11.2 Å². The SMILES string of the molecule is CCc1nc(C(=O)OC)c(N)n1C(C)c1cccnc1. The number of nitrogen functional groups attached to an aromatic ring is 1. The van der Waals surface area contributed by atoms with Crippen molar-refractivity contribution >= 4 is 11.8 Å². The van der Waals surface area contributed by atoms with Crippen molar-refractivity contribution in [2.45, 2.75) is 26.3 Å². The summed E-state index contributed by atoms with van der Waals surface area (Å²) >= 11 is 0. The first-order valence-corrected chi connectivity index (χ1v) is 6.44. The number of rotatable bonds is 4. The van der Waals surface area contributed by atoms with Gasteiger partial charge in [-0.3, -0.25) is 4.98 Å². The first-order valence-electron chi connectivity index (χ1n) is 6.44. The Kier molecular flexibility index (Phi) is 4.02. The Hall–Kier alpha value is -2.37. The molecule has 2 rings (SSSR count). The van der Waals surface area contributed by atoms with Gasteiger partial charge in [0.15, 0.2) is 5.69 Å². The summed E-state index contributed by atoms with van der Waals surface area (Å²) in [5.41, 5.74) is 7.24. The van der Waals surface area contributed by atoms with E-state index in [4.69, 9.17) is 10.5 Å². The molecule has 0 saturated carbocycles. The molecule has 0 aliphatic rings. The number of aromatic nitrogens is 3. The van der Waals surface area contributed by atoms with E-state index in [1.807, 2.05) is 30.5 Å². The zero-order valence-corrected chi connectivity index (χ0v) is 11.8. The molecule has 0 aliphatic heterocycles. The highest BCUT2D eigenvalue weighted by Crippen LogP contribution is 2.26. The molecule has 1 atom stereocenters. The molecule has 1 unspecified atom stereocenters. The van der Waals surface area contributed by atoms with Gasteiger partial charge in [-0.2, -0.15) is 0 Å². The average molecular weight is 274 g/mol. The Bertz CT molecular complexity index is 607. The third-order valence-corrected chi connectivity index (χ3v) is 3.27. The number of nitrogens with two attached hydrogens (primary N) is 1. The number of ether oxygens (including phenoxy) is 1. The molecule has 0 amide bonds. The van der Waals surface area contributed by atoms with Crippen LogP contribution in [0.25, 0.3) is 0 Å². The summed E-state index contributed by atoms with van der Waals surface area (Å²) in [6.07, 6.45) is 4.17. The van der Waals surface area contributed by atoms with E-state index < -0.39 is 5.97 Å². The third-order valence-electron chi connectivity index (χ3n) is 3.27. The van der Waals surface area contributed by atoms with Crippen molar-refractivity contribution in [3.8, 4) is 0 Å². The maximum atomic E-state index is 11.7. The quantitative estimate of drug-likeness (QED) is 0.860. The first kappa shape index (κ1) is 14.0. The van der Waals surface area contributed by atoms with Crippen molar-refractivity contribution in [1.82, 2.24) is 14.5 Å². The lowest BCUT2D eigenvalue weighted by molar-refractivity contribution is 0.0595. The van der Waals surface area contributed by atoms with Gasteiger partial charge in [-0.1, -0.05) is 13.0 Å². The van der Waals surface area contributed by atoms with Gasteiger partial charge in [-0.05, 0) is 18.6 Å². The number of methoxy groups -OCH3 is 1. The molecule has 0 saturated heterocycles. The molecule has 0 radical (unpaired) electrons. The number of carbonyl (C=O) groups is 1. The number of hydrogen-bond acceptors (Lipinski definition) is 5. The summed E-state index contributed by atoms with van der Waals surface area (Å²) in [7, 11) is 1.32. The second-order valence-electron chi connectivity index (χ2n) is 4.44. The summed E-state index contributed by atoms with van der Waals surface area (Å²) in [4.78, 5) is 20.1. The molecule has 2 aromatic heterocycles. The minimum atomic E-state index is -0.519. The van der Waals surface area contributed by atoms with E-state index in [-0.39, 0.29) is 11.7 Å². The fraction of sp³-hybridized carbons (Fsp3) is 0.357. The van der Waals surface area contributed by atoms with Crippen LogP contribution in [0.1, 0.15) is 41.8 Å². The van der Waals surface area contributed by atoms with Crippen molar-refractivity contribution in [3.63, 3.8) is 0 Å². The number of pyridine rings is 1. The molecule has 0 aliphatic carbocycles. The molecule has 6 nitrogen and oxygen atoms in total. The van der Waals surface area contributed by atoms with Crippen molar-refractivity contribution in [2.24, 2.45) is 0 Å². The largest absolute Gasteiger partial charge is 0.464 e. The number of imidazole rings is 1. The number of anilines is 1. The van der Waals surface area contributed by atoms with Gasteiger partial charge in [0.2, 0.25) is 0 Å². The van der Waals surface area contributed by atoms with Crippen molar-refractivity contribution in [3.05, 3.63) is 41.6 Å². The van der Waals surface area contributed by atoms with Crippen molar-refractivity contribution in [1.29, 1.82) is 0 Å². The second kappa shape index (κ2) is 5.73. The standard InChI is InChI=1S/C14H18N4O2/c1-4-11-17-12(14(19)20-3)13(15)18(11)9(2)10-6-5-7-16-8-10/h5-9H,4,15H2,1-3H3. The Morgan fingerprint density at radius 2 is 2.30 bits per heavy atom. The van der Waals surface area contributed by atoms with Crippen LogP contribution in [0, 0.1) is 0 Å². The lowest BCUT2D eigenvalue weighted by Crippen LogP contribution is -2.14. The fourth-order valence-electron chi connectivity index (χ4n) is 2.19. The molecule has 2 heterocycles. The molecule has 2 N–H and O–H groups in total. The van der Waals surface area contributed by atoms with Crippen LogP contribution in [0.2, 0.25) is 0 Å². The smallest absolute Gasteiger partial charge is 0.360 e. The highest BCUT2D eigenvalue weighted by atomic mass is 16.5. The minimum Gasteiger partial charge on any atom is -0.464 e. The molecule has 0 spiro atoms. The molecule has 0 bridgehead atoms. The maximum Gasteiger partial charge on any atom is 0.360 e. The van der Waals surface area contributed by atoms with Gasteiger partial charge >= 0.3 is 5.97 Å². The Morgan fingerprint density at radius 3 is 2.85 bits per heavy atom. The molecule has 106 valence electrons. The summed E-state index contributed by atoms with van der Waals surface area (Å²) < 4.78 is 6.56. The number of nitrogens with zero attached hydrogens (tertiary/aromatic N) is 3. The molecule has 0 aromatic carbocycles. The summed E-state index contributed by atoms with van der Waals surface area (Å²) in [5, 5.41) is 0. The summed E-state index contributed by atoms with van der Waals surface area (Å²) in [6, 6.07) is 3.78. The Morgan fingerprint density at radius 1 is 1.55 bits per heavy atom. The van der Waals surface area contributed by atoms with Crippen molar-refractivity contribution in [2.75, 3.05) is 12.8 Å². The van der Waals surface area contributed by atoms with Crippen LogP contribution in [0.5, 0.6) is 0 Å². The van der Waals surface area contributed by atoms with Gasteiger partial charge in [0.05, 0.1) is 13.2 Å². The molecule has 20 heavy (non-hydrogen) atoms. The normalized spacial score (nSPS) is 12.2. The van der Waals surface area contributed by atoms with E-state index in [2.05, 4.69) is 9.97 Å². The van der Waals surface area contributed by atoms with Gasteiger partial charge in [-0.15, -0.1) is 0 Å².